The molecule has 0 amide bonds. The lowest BCUT2D eigenvalue weighted by molar-refractivity contribution is 0.108. The maximum absolute atomic E-state index is 5.80. The topological polar surface area (TPSA) is 48.1 Å². The Balaban J connectivity index is 2.18. The van der Waals surface area contributed by atoms with E-state index in [1.165, 1.54) is 0 Å². The van der Waals surface area contributed by atoms with Crippen molar-refractivity contribution in [1.82, 2.24) is 4.98 Å². The van der Waals surface area contributed by atoms with E-state index in [-0.39, 0.29) is 0 Å². The van der Waals surface area contributed by atoms with Crippen LogP contribution in [0.25, 0.3) is 0 Å². The van der Waals surface area contributed by atoms with E-state index in [1.54, 1.807) is 6.20 Å². The maximum Gasteiger partial charge on any atom is 0.0488 e. The maximum atomic E-state index is 5.80. The number of pyridine rings is 1. The monoisotopic (exact) mass is 208 g/mol. The van der Waals surface area contributed by atoms with Crippen LogP contribution in [-0.2, 0) is 11.2 Å². The van der Waals surface area contributed by atoms with E-state index in [1.807, 2.05) is 12.3 Å². The Kier molecular flexibility index (Phi) is 5.12. The molecule has 0 bridgehead atoms. The van der Waals surface area contributed by atoms with Gasteiger partial charge in [0.15, 0.2) is 0 Å². The summed E-state index contributed by atoms with van der Waals surface area (Å²) in [4.78, 5) is 4.05. The molecule has 0 fully saturated rings. The summed E-state index contributed by atoms with van der Waals surface area (Å²) in [6.07, 6.45) is 5.49. The first kappa shape index (κ1) is 12.0. The van der Waals surface area contributed by atoms with Crippen LogP contribution in [0.3, 0.4) is 0 Å². The summed E-state index contributed by atoms with van der Waals surface area (Å²) in [6.45, 7) is 5.94. The predicted molar refractivity (Wildman–Crippen MR) is 62.6 cm³/mol. The molecule has 0 aliphatic heterocycles. The van der Waals surface area contributed by atoms with Crippen LogP contribution in [0.15, 0.2) is 18.5 Å². The molecule has 15 heavy (non-hydrogen) atoms. The molecule has 1 rings (SSSR count). The molecule has 0 atom stereocenters. The Morgan fingerprint density at radius 2 is 2.27 bits per heavy atom. The lowest BCUT2D eigenvalue weighted by Crippen LogP contribution is -2.04. The third-order valence-corrected chi connectivity index (χ3v) is 2.13. The third kappa shape index (κ3) is 4.79. The number of rotatable bonds is 6. The SMILES string of the molecule is CC(C)COCCCc1cnccc1N. The van der Waals surface area contributed by atoms with Gasteiger partial charge in [-0.15, -0.1) is 0 Å². The molecule has 1 aromatic rings. The van der Waals surface area contributed by atoms with Crippen LogP contribution in [0.4, 0.5) is 5.69 Å². The number of nitrogens with zero attached hydrogens (tertiary/aromatic N) is 1. The van der Waals surface area contributed by atoms with Crippen molar-refractivity contribution in [3.8, 4) is 0 Å². The number of hydrogen-bond acceptors (Lipinski definition) is 3. The summed E-state index contributed by atoms with van der Waals surface area (Å²) < 4.78 is 5.50. The smallest absolute Gasteiger partial charge is 0.0488 e. The van der Waals surface area contributed by atoms with Gasteiger partial charge in [0.1, 0.15) is 0 Å². The Morgan fingerprint density at radius 1 is 1.47 bits per heavy atom. The summed E-state index contributed by atoms with van der Waals surface area (Å²) in [6, 6.07) is 1.84. The number of nitrogen functional groups attached to an aromatic ring is 1. The van der Waals surface area contributed by atoms with E-state index >= 15 is 0 Å². The second kappa shape index (κ2) is 6.40. The first-order chi connectivity index (χ1) is 7.20. The summed E-state index contributed by atoms with van der Waals surface area (Å²) in [7, 11) is 0. The Morgan fingerprint density at radius 3 is 2.93 bits per heavy atom. The highest BCUT2D eigenvalue weighted by molar-refractivity contribution is 5.44. The van der Waals surface area contributed by atoms with Gasteiger partial charge >= 0.3 is 0 Å². The largest absolute Gasteiger partial charge is 0.398 e. The van der Waals surface area contributed by atoms with Gasteiger partial charge in [-0.3, -0.25) is 4.98 Å². The molecule has 0 aliphatic rings. The van der Waals surface area contributed by atoms with Crippen molar-refractivity contribution in [3.05, 3.63) is 24.0 Å². The zero-order valence-electron chi connectivity index (χ0n) is 9.57. The lowest BCUT2D eigenvalue weighted by Gasteiger charge is -2.07. The minimum absolute atomic E-state index is 0.605. The molecule has 0 aromatic carbocycles. The number of anilines is 1. The van der Waals surface area contributed by atoms with Gasteiger partial charge in [-0.25, -0.2) is 0 Å². The molecule has 0 saturated heterocycles. The van der Waals surface area contributed by atoms with Crippen molar-refractivity contribution in [3.63, 3.8) is 0 Å². The van der Waals surface area contributed by atoms with Crippen molar-refractivity contribution >= 4 is 5.69 Å². The summed E-state index contributed by atoms with van der Waals surface area (Å²) in [5, 5.41) is 0. The summed E-state index contributed by atoms with van der Waals surface area (Å²) >= 11 is 0. The lowest BCUT2D eigenvalue weighted by atomic mass is 10.1. The average Bonchev–Trinajstić information content (AvgIpc) is 2.20. The van der Waals surface area contributed by atoms with Crippen molar-refractivity contribution < 1.29 is 4.74 Å². The van der Waals surface area contributed by atoms with Gasteiger partial charge in [0.2, 0.25) is 0 Å². The van der Waals surface area contributed by atoms with Gasteiger partial charge in [0.25, 0.3) is 0 Å². The zero-order chi connectivity index (χ0) is 11.1. The van der Waals surface area contributed by atoms with Crippen LogP contribution in [0, 0.1) is 5.92 Å². The van der Waals surface area contributed by atoms with Crippen LogP contribution < -0.4 is 5.73 Å². The van der Waals surface area contributed by atoms with Crippen LogP contribution >= 0.6 is 0 Å². The molecule has 0 unspecified atom stereocenters. The van der Waals surface area contributed by atoms with Crippen LogP contribution in [-0.4, -0.2) is 18.2 Å². The van der Waals surface area contributed by atoms with E-state index in [9.17, 15) is 0 Å². The van der Waals surface area contributed by atoms with Crippen molar-refractivity contribution in [2.24, 2.45) is 5.92 Å². The molecule has 2 N–H and O–H groups in total. The number of nitrogens with two attached hydrogens (primary N) is 1. The fourth-order valence-electron chi connectivity index (χ4n) is 1.33. The second-order valence-corrected chi connectivity index (χ2v) is 4.15. The Hall–Kier alpha value is -1.09. The summed E-state index contributed by atoms with van der Waals surface area (Å²) in [5.41, 5.74) is 7.75. The molecule has 3 heteroatoms. The van der Waals surface area contributed by atoms with E-state index in [4.69, 9.17) is 10.5 Å². The minimum atomic E-state index is 0.605. The predicted octanol–water partition coefficient (Wildman–Crippen LogP) is 2.27. The number of hydrogen-bond donors (Lipinski definition) is 1. The van der Waals surface area contributed by atoms with E-state index in [2.05, 4.69) is 18.8 Å². The Labute approximate surface area is 91.7 Å². The minimum Gasteiger partial charge on any atom is -0.398 e. The van der Waals surface area contributed by atoms with Crippen LogP contribution in [0.5, 0.6) is 0 Å². The number of ether oxygens (including phenoxy) is 1. The highest BCUT2D eigenvalue weighted by Gasteiger charge is 1.99. The fourth-order valence-corrected chi connectivity index (χ4v) is 1.33. The Bertz CT molecular complexity index is 287. The highest BCUT2D eigenvalue weighted by Crippen LogP contribution is 2.10. The van der Waals surface area contributed by atoms with Gasteiger partial charge in [0, 0.05) is 31.3 Å². The van der Waals surface area contributed by atoms with Crippen molar-refractivity contribution in [2.75, 3.05) is 18.9 Å². The molecule has 1 heterocycles. The standard InChI is InChI=1S/C12H20N2O/c1-10(2)9-15-7-3-4-11-8-14-6-5-12(11)13/h5-6,8,10H,3-4,7,9H2,1-2H3,(H2,13,14). The number of aromatic nitrogens is 1. The van der Waals surface area contributed by atoms with Crippen LogP contribution in [0.1, 0.15) is 25.8 Å². The van der Waals surface area contributed by atoms with Crippen molar-refractivity contribution in [2.45, 2.75) is 26.7 Å². The van der Waals surface area contributed by atoms with E-state index < -0.39 is 0 Å². The van der Waals surface area contributed by atoms with Gasteiger partial charge < -0.3 is 10.5 Å². The number of aryl methyl sites for hydroxylation is 1. The fraction of sp³-hybridized carbons (Fsp3) is 0.583. The third-order valence-electron chi connectivity index (χ3n) is 2.13. The summed E-state index contributed by atoms with van der Waals surface area (Å²) in [5.74, 6) is 0.605. The average molecular weight is 208 g/mol. The molecule has 0 spiro atoms. The molecule has 0 saturated carbocycles. The van der Waals surface area contributed by atoms with Gasteiger partial charge in [0.05, 0.1) is 0 Å². The zero-order valence-corrected chi connectivity index (χ0v) is 9.57. The molecule has 3 nitrogen and oxygen atoms in total. The van der Waals surface area contributed by atoms with Gasteiger partial charge in [-0.1, -0.05) is 13.8 Å². The van der Waals surface area contributed by atoms with Gasteiger partial charge in [-0.05, 0) is 30.4 Å². The van der Waals surface area contributed by atoms with Gasteiger partial charge in [-0.2, -0.15) is 0 Å². The van der Waals surface area contributed by atoms with Crippen LogP contribution in [0.2, 0.25) is 0 Å². The molecular weight excluding hydrogens is 188 g/mol. The molecule has 0 radical (unpaired) electrons. The highest BCUT2D eigenvalue weighted by atomic mass is 16.5. The molecule has 0 aliphatic carbocycles. The van der Waals surface area contributed by atoms with E-state index in [0.717, 1.165) is 37.3 Å². The molecular formula is C12H20N2O. The molecule has 84 valence electrons. The molecule has 1 aromatic heterocycles. The first-order valence-electron chi connectivity index (χ1n) is 5.46. The van der Waals surface area contributed by atoms with E-state index in [0.29, 0.717) is 5.92 Å². The normalized spacial score (nSPS) is 10.9. The first-order valence-corrected chi connectivity index (χ1v) is 5.46. The van der Waals surface area contributed by atoms with Crippen molar-refractivity contribution in [1.29, 1.82) is 0 Å². The quantitative estimate of drug-likeness (QED) is 0.729. The second-order valence-electron chi connectivity index (χ2n) is 4.15.